The van der Waals surface area contributed by atoms with Crippen LogP contribution in [-0.4, -0.2) is 44.1 Å². The molecule has 7 nitrogen and oxygen atoms in total. The molecule has 2 saturated carbocycles. The first-order valence-corrected chi connectivity index (χ1v) is 13.9. The van der Waals surface area contributed by atoms with Crippen LogP contribution in [0.4, 0.5) is 0 Å². The molecule has 0 radical (unpaired) electrons. The van der Waals surface area contributed by atoms with Crippen LogP contribution >= 0.6 is 34.4 Å². The summed E-state index contributed by atoms with van der Waals surface area (Å²) in [5, 5.41) is 12.9. The molecule has 1 saturated heterocycles. The number of rotatable bonds is 5. The predicted octanol–water partition coefficient (Wildman–Crippen LogP) is 3.47. The number of nitrogens with one attached hydrogen (secondary N) is 1. The number of thiophene rings is 1. The number of imide groups is 1. The number of H-pyrrole nitrogens is 1. The molecule has 8 atom stereocenters. The van der Waals surface area contributed by atoms with Gasteiger partial charge in [-0.1, -0.05) is 31.3 Å². The highest BCUT2D eigenvalue weighted by molar-refractivity contribution is 8.00. The van der Waals surface area contributed by atoms with Gasteiger partial charge in [-0.25, -0.2) is 4.79 Å². The van der Waals surface area contributed by atoms with Crippen LogP contribution in [0.5, 0.6) is 0 Å². The van der Waals surface area contributed by atoms with Gasteiger partial charge in [0.2, 0.25) is 11.8 Å². The summed E-state index contributed by atoms with van der Waals surface area (Å²) in [6, 6.07) is 3.00. The quantitative estimate of drug-likeness (QED) is 0.604. The van der Waals surface area contributed by atoms with Crippen molar-refractivity contribution in [1.29, 1.82) is 0 Å². The summed E-state index contributed by atoms with van der Waals surface area (Å²) in [4.78, 5) is 57.6. The molecule has 2 bridgehead atoms. The number of aliphatic carboxylic acids is 1. The van der Waals surface area contributed by atoms with E-state index in [1.165, 1.54) is 16.2 Å². The van der Waals surface area contributed by atoms with Gasteiger partial charge >= 0.3 is 10.8 Å². The van der Waals surface area contributed by atoms with Crippen molar-refractivity contribution >= 4 is 52.2 Å². The molecule has 174 valence electrons. The molecule has 2 aromatic heterocycles. The molecule has 4 aliphatic rings. The first kappa shape index (κ1) is 21.6. The van der Waals surface area contributed by atoms with Crippen molar-refractivity contribution in [2.75, 3.05) is 0 Å². The number of nitrogens with zero attached hydrogens (tertiary/aromatic N) is 1. The van der Waals surface area contributed by atoms with E-state index in [4.69, 9.17) is 0 Å². The van der Waals surface area contributed by atoms with Gasteiger partial charge in [0.05, 0.1) is 16.9 Å². The fourth-order valence-electron chi connectivity index (χ4n) is 6.90. The van der Waals surface area contributed by atoms with Gasteiger partial charge in [0.25, 0.3) is 0 Å². The van der Waals surface area contributed by atoms with Gasteiger partial charge in [0.15, 0.2) is 0 Å². The predicted molar refractivity (Wildman–Crippen MR) is 126 cm³/mol. The number of fused-ring (bicyclic) bond motifs is 9. The van der Waals surface area contributed by atoms with Crippen molar-refractivity contribution in [3.8, 4) is 0 Å². The third kappa shape index (κ3) is 2.99. The Kier molecular flexibility index (Phi) is 4.94. The Morgan fingerprint density at radius 2 is 1.94 bits per heavy atom. The van der Waals surface area contributed by atoms with Crippen LogP contribution in [0.2, 0.25) is 0 Å². The maximum atomic E-state index is 13.6. The molecule has 2 N–H and O–H groups in total. The second-order valence-corrected chi connectivity index (χ2v) is 13.2. The van der Waals surface area contributed by atoms with E-state index in [0.29, 0.717) is 0 Å². The molecule has 8 unspecified atom stereocenters. The SMILES string of the molecule is CC(C)CC(C(=O)O)N1C(=O)C2C3CC(C2C1=O)C1C(c2cccs2)c2sc(=O)[nH]c2SC31. The van der Waals surface area contributed by atoms with Crippen molar-refractivity contribution in [1.82, 2.24) is 9.88 Å². The summed E-state index contributed by atoms with van der Waals surface area (Å²) >= 11 is 4.57. The summed E-state index contributed by atoms with van der Waals surface area (Å²) < 4.78 is 0. The van der Waals surface area contributed by atoms with Crippen molar-refractivity contribution in [2.45, 2.75) is 48.9 Å². The first-order valence-electron chi connectivity index (χ1n) is 11.3. The van der Waals surface area contributed by atoms with Crippen LogP contribution < -0.4 is 4.87 Å². The Morgan fingerprint density at radius 1 is 1.21 bits per heavy atom. The number of thioether (sulfide) groups is 1. The minimum absolute atomic E-state index is 0.0176. The maximum Gasteiger partial charge on any atom is 0.326 e. The lowest BCUT2D eigenvalue weighted by Gasteiger charge is -2.42. The minimum Gasteiger partial charge on any atom is -0.480 e. The van der Waals surface area contributed by atoms with E-state index >= 15 is 0 Å². The Morgan fingerprint density at radius 3 is 2.58 bits per heavy atom. The second-order valence-electron chi connectivity index (χ2n) is 10.0. The summed E-state index contributed by atoms with van der Waals surface area (Å²) in [5.74, 6) is -2.32. The molecular weight excluding hydrogens is 480 g/mol. The van der Waals surface area contributed by atoms with E-state index in [1.807, 2.05) is 25.3 Å². The van der Waals surface area contributed by atoms with E-state index in [0.717, 1.165) is 21.2 Å². The summed E-state index contributed by atoms with van der Waals surface area (Å²) in [6.45, 7) is 3.81. The Bertz CT molecular complexity index is 1200. The number of hydrogen-bond donors (Lipinski definition) is 2. The number of carboxylic acid groups (broad SMARTS) is 1. The highest BCUT2D eigenvalue weighted by Crippen LogP contribution is 2.68. The smallest absolute Gasteiger partial charge is 0.326 e. The second kappa shape index (κ2) is 7.55. The topological polar surface area (TPSA) is 108 Å². The van der Waals surface area contributed by atoms with Gasteiger partial charge < -0.3 is 10.1 Å². The van der Waals surface area contributed by atoms with Gasteiger partial charge in [0, 0.05) is 20.9 Å². The van der Waals surface area contributed by atoms with Crippen LogP contribution in [0.1, 0.15) is 42.4 Å². The molecular formula is C23H24N2O5S3. The fraction of sp³-hybridized carbons (Fsp3) is 0.565. The molecule has 2 amide bonds. The third-order valence-corrected chi connectivity index (χ3v) is 11.4. The summed E-state index contributed by atoms with van der Waals surface area (Å²) in [7, 11) is 0. The van der Waals surface area contributed by atoms with Gasteiger partial charge in [-0.05, 0) is 48.0 Å². The number of thiazole rings is 1. The Hall–Kier alpha value is -1.91. The molecule has 3 fully saturated rings. The van der Waals surface area contributed by atoms with Gasteiger partial charge in [-0.3, -0.25) is 19.3 Å². The number of carbonyl (C=O) groups is 3. The monoisotopic (exact) mass is 504 g/mol. The van der Waals surface area contributed by atoms with Crippen molar-refractivity contribution in [3.05, 3.63) is 36.9 Å². The van der Waals surface area contributed by atoms with Gasteiger partial charge in [-0.15, -0.1) is 23.1 Å². The average Bonchev–Trinajstić information content (AvgIpc) is 3.54. The fourth-order valence-corrected chi connectivity index (χ4v) is 10.7. The highest BCUT2D eigenvalue weighted by Gasteiger charge is 2.70. The molecule has 33 heavy (non-hydrogen) atoms. The van der Waals surface area contributed by atoms with Crippen LogP contribution in [0.15, 0.2) is 27.3 Å². The Balaban J connectivity index is 1.41. The van der Waals surface area contributed by atoms with Crippen molar-refractivity contribution < 1.29 is 19.5 Å². The van der Waals surface area contributed by atoms with E-state index < -0.39 is 23.8 Å². The van der Waals surface area contributed by atoms with Crippen LogP contribution in [-0.2, 0) is 14.4 Å². The van der Waals surface area contributed by atoms with Gasteiger partial charge in [0.1, 0.15) is 6.04 Å². The number of hydrogen-bond acceptors (Lipinski definition) is 7. The van der Waals surface area contributed by atoms with E-state index in [9.17, 15) is 24.3 Å². The number of carboxylic acids is 1. The zero-order valence-corrected chi connectivity index (χ0v) is 20.5. The number of aromatic amines is 1. The van der Waals surface area contributed by atoms with E-state index in [2.05, 4.69) is 11.1 Å². The molecule has 6 rings (SSSR count). The third-order valence-electron chi connectivity index (χ3n) is 7.90. The van der Waals surface area contributed by atoms with E-state index in [-0.39, 0.29) is 57.9 Å². The highest BCUT2D eigenvalue weighted by atomic mass is 32.2. The number of amides is 2. The van der Waals surface area contributed by atoms with Crippen molar-refractivity contribution in [3.63, 3.8) is 0 Å². The molecule has 0 aromatic carbocycles. The minimum atomic E-state index is -1.11. The lowest BCUT2D eigenvalue weighted by molar-refractivity contribution is -0.156. The largest absolute Gasteiger partial charge is 0.480 e. The molecule has 4 heterocycles. The molecule has 0 spiro atoms. The summed E-state index contributed by atoms with van der Waals surface area (Å²) in [6.07, 6.45) is 1.07. The van der Waals surface area contributed by atoms with E-state index in [1.54, 1.807) is 23.1 Å². The molecule has 10 heteroatoms. The zero-order chi connectivity index (χ0) is 23.2. The normalized spacial score (nSPS) is 35.1. The molecule has 2 aliphatic heterocycles. The van der Waals surface area contributed by atoms with Crippen LogP contribution in [0, 0.1) is 35.5 Å². The molecule has 2 aromatic rings. The lowest BCUT2D eigenvalue weighted by Crippen LogP contribution is -2.47. The van der Waals surface area contributed by atoms with Crippen LogP contribution in [0.25, 0.3) is 0 Å². The summed E-state index contributed by atoms with van der Waals surface area (Å²) in [5.41, 5.74) is 0. The number of aromatic nitrogens is 1. The zero-order valence-electron chi connectivity index (χ0n) is 18.1. The first-order chi connectivity index (χ1) is 15.8. The standard InChI is InChI=1S/C23H24N2O5S3/c1-8(2)6-11(22(28)29)25-20(26)14-9-7-10(15(14)21(25)27)17-13(9)16(12-4-3-5-31-12)18-19(32-17)24-23(30)33-18/h3-5,8-11,13-17H,6-7H2,1-2H3,(H,24,30)(H,28,29). The maximum absolute atomic E-state index is 13.6. The number of carbonyl (C=O) groups excluding carboxylic acids is 2. The number of likely N-dealkylation sites (tertiary alicyclic amines) is 1. The Labute approximate surface area is 202 Å². The molecule has 2 aliphatic carbocycles. The van der Waals surface area contributed by atoms with Gasteiger partial charge in [-0.2, -0.15) is 0 Å². The van der Waals surface area contributed by atoms with Crippen molar-refractivity contribution in [2.24, 2.45) is 35.5 Å². The average molecular weight is 505 g/mol. The lowest BCUT2D eigenvalue weighted by atomic mass is 9.69. The van der Waals surface area contributed by atoms with Crippen LogP contribution in [0.3, 0.4) is 0 Å².